The minimum atomic E-state index is -1.26. The van der Waals surface area contributed by atoms with E-state index in [1.807, 2.05) is 30.6 Å². The van der Waals surface area contributed by atoms with Crippen LogP contribution in [0.2, 0.25) is 0 Å². The molecule has 0 saturated carbocycles. The molecule has 1 aromatic rings. The van der Waals surface area contributed by atoms with E-state index in [9.17, 15) is 68.1 Å². The van der Waals surface area contributed by atoms with Crippen LogP contribution >= 0.6 is 0 Å². The first-order chi connectivity index (χ1) is 39.7. The Morgan fingerprint density at radius 3 is 1.80 bits per heavy atom. The number of carbonyl (C=O) groups excluding carboxylic acids is 8. The van der Waals surface area contributed by atoms with Crippen molar-refractivity contribution in [3.05, 3.63) is 35.9 Å². The van der Waals surface area contributed by atoms with E-state index in [0.717, 1.165) is 12.6 Å². The minimum absolute atomic E-state index is 0.0283. The predicted octanol–water partition coefficient (Wildman–Crippen LogP) is 1.20. The number of hydrogen-bond donors (Lipinski definition) is 8. The van der Waals surface area contributed by atoms with Gasteiger partial charge in [-0.25, -0.2) is 4.79 Å². The number of carboxylic acid groups (broad SMARTS) is 3. The van der Waals surface area contributed by atoms with Crippen molar-refractivity contribution < 1.29 is 68.1 Å². The van der Waals surface area contributed by atoms with E-state index >= 15 is 0 Å². The molecule has 24 heteroatoms. The fourth-order valence-corrected chi connectivity index (χ4v) is 10.9. The average Bonchev–Trinajstić information content (AvgIpc) is 4.18. The van der Waals surface area contributed by atoms with Crippen molar-refractivity contribution in [1.82, 2.24) is 40.4 Å². The Labute approximate surface area is 489 Å². The van der Waals surface area contributed by atoms with Gasteiger partial charge in [-0.05, 0) is 88.3 Å². The Morgan fingerprint density at radius 1 is 0.663 bits per heavy atom. The van der Waals surface area contributed by atoms with Gasteiger partial charge in [0, 0.05) is 96.4 Å². The number of rotatable bonds is 38. The van der Waals surface area contributed by atoms with Gasteiger partial charge in [-0.15, -0.1) is 0 Å². The topological polar surface area (TPSA) is 353 Å². The lowest BCUT2D eigenvalue weighted by molar-refractivity contribution is -0.145. The van der Waals surface area contributed by atoms with Gasteiger partial charge in [0.05, 0.1) is 25.7 Å². The number of aliphatic carboxylic acids is 3. The van der Waals surface area contributed by atoms with E-state index in [1.165, 1.54) is 4.90 Å². The summed E-state index contributed by atoms with van der Waals surface area (Å²) in [7, 11) is 0. The summed E-state index contributed by atoms with van der Waals surface area (Å²) in [5.74, 6) is -8.88. The molecule has 0 aromatic heterocycles. The Balaban J connectivity index is 1.82. The molecule has 4 amide bonds. The zero-order valence-corrected chi connectivity index (χ0v) is 49.5. The van der Waals surface area contributed by atoms with Crippen molar-refractivity contribution in [1.29, 1.82) is 0 Å². The summed E-state index contributed by atoms with van der Waals surface area (Å²) >= 11 is 0. The van der Waals surface area contributed by atoms with Crippen molar-refractivity contribution in [2.75, 3.05) is 91.6 Å². The first-order valence-corrected chi connectivity index (χ1v) is 29.8. The van der Waals surface area contributed by atoms with Crippen LogP contribution < -0.4 is 27.4 Å². The molecule has 83 heavy (non-hydrogen) atoms. The summed E-state index contributed by atoms with van der Waals surface area (Å²) in [5.41, 5.74) is 12.4. The van der Waals surface area contributed by atoms with Gasteiger partial charge in [-0.1, -0.05) is 70.9 Å². The van der Waals surface area contributed by atoms with E-state index in [4.69, 9.17) is 11.5 Å². The molecule has 2 saturated heterocycles. The second-order valence-electron chi connectivity index (χ2n) is 22.8. The van der Waals surface area contributed by atoms with Gasteiger partial charge < -0.3 is 57.2 Å². The number of unbranched alkanes of at least 4 members (excludes halogenated alkanes) is 2. The fourth-order valence-electron chi connectivity index (χ4n) is 10.9. The third-order valence-electron chi connectivity index (χ3n) is 15.9. The van der Waals surface area contributed by atoms with E-state index in [1.54, 1.807) is 47.1 Å². The highest BCUT2D eigenvalue weighted by atomic mass is 16.4. The SMILES string of the molecule is CC[C@H](C)[C@H](NC(=O)[C@@H](CC(=O)CCC(C(=O)O)N1CCN(CC=O)CCN(CC=O)CCN(CC(=O)O)CC1)CC(C)C)C(=O)C[C@@H](CCCCN)C(=O)N[C@@H](CCCCN)C(=O)N1CCC[C@H]1C(=O)N[C@@H](Cc1ccccc1)C(=O)O. The van der Waals surface area contributed by atoms with Crippen LogP contribution in [0.3, 0.4) is 0 Å². The van der Waals surface area contributed by atoms with Crippen LogP contribution in [0.25, 0.3) is 0 Å². The smallest absolute Gasteiger partial charge is 0.326 e. The standard InChI is InChI=1S/C59H96N10O14/c1-5-42(4)53(64-55(77)45(36-41(2)3)38-46(72)19-20-50(59(82)83)68-30-28-66(33-35-71)25-24-65(32-34-70)26-27-67(29-31-68)40-52(74)75)51(73)39-44(16-9-11-21-60)54(76)62-47(17-10-12-22-61)57(79)69-23-13-18-49(69)56(78)63-48(58(80)81)37-43-14-7-6-8-15-43/h6-8,14-15,34-35,41-42,44-45,47-50,53H,5,9-13,16-33,36-40,60-61H2,1-4H3,(H,62,76)(H,63,78)(H,64,77)(H,74,75)(H,80,81)(H,82,83)/t42-,44+,45+,47-,48-,49-,50?,53-/m0/s1. The molecule has 3 rings (SSSR count). The quantitative estimate of drug-likeness (QED) is 0.0341. The number of nitrogens with zero attached hydrogens (tertiary/aromatic N) is 5. The Hall–Kier alpha value is -6.05. The van der Waals surface area contributed by atoms with Gasteiger partial charge in [0.2, 0.25) is 23.6 Å². The minimum Gasteiger partial charge on any atom is -0.480 e. The van der Waals surface area contributed by atoms with E-state index in [2.05, 4.69) is 16.0 Å². The average molecular weight is 1170 g/mol. The largest absolute Gasteiger partial charge is 0.480 e. The zero-order valence-electron chi connectivity index (χ0n) is 49.5. The van der Waals surface area contributed by atoms with E-state index in [-0.39, 0.29) is 128 Å². The number of benzene rings is 1. The van der Waals surface area contributed by atoms with Gasteiger partial charge in [0.15, 0.2) is 5.78 Å². The zero-order chi connectivity index (χ0) is 61.4. The Morgan fingerprint density at radius 2 is 1.24 bits per heavy atom. The molecule has 2 aliphatic heterocycles. The number of hydrogen-bond acceptors (Lipinski definition) is 17. The van der Waals surface area contributed by atoms with Crippen molar-refractivity contribution in [2.24, 2.45) is 35.1 Å². The molecule has 466 valence electrons. The third kappa shape index (κ3) is 25.8. The highest BCUT2D eigenvalue weighted by Crippen LogP contribution is 2.25. The maximum atomic E-state index is 14.6. The number of carbonyl (C=O) groups is 11. The predicted molar refractivity (Wildman–Crippen MR) is 311 cm³/mol. The van der Waals surface area contributed by atoms with Crippen LogP contribution in [0, 0.1) is 23.7 Å². The van der Waals surface area contributed by atoms with Gasteiger partial charge in [0.25, 0.3) is 0 Å². The number of nitrogens with two attached hydrogens (primary N) is 2. The Bertz CT molecular complexity index is 2240. The molecule has 8 atom stereocenters. The first kappa shape index (κ1) is 71.2. The van der Waals surface area contributed by atoms with Crippen LogP contribution in [-0.4, -0.2) is 227 Å². The lowest BCUT2D eigenvalue weighted by Gasteiger charge is -2.35. The van der Waals surface area contributed by atoms with Gasteiger partial charge in [-0.3, -0.25) is 58.0 Å². The van der Waals surface area contributed by atoms with Crippen molar-refractivity contribution in [2.45, 2.75) is 154 Å². The second-order valence-corrected chi connectivity index (χ2v) is 22.8. The second kappa shape index (κ2) is 38.7. The van der Waals surface area contributed by atoms with Gasteiger partial charge in [0.1, 0.15) is 42.5 Å². The highest BCUT2D eigenvalue weighted by Gasteiger charge is 2.40. The third-order valence-corrected chi connectivity index (χ3v) is 15.9. The lowest BCUT2D eigenvalue weighted by atomic mass is 9.86. The number of likely N-dealkylation sites (tertiary alicyclic amines) is 1. The molecular formula is C59H96N10O14. The maximum absolute atomic E-state index is 14.6. The van der Waals surface area contributed by atoms with Crippen LogP contribution in [-0.2, 0) is 59.2 Å². The van der Waals surface area contributed by atoms with Crippen LogP contribution in [0.4, 0.5) is 0 Å². The number of aldehydes is 2. The summed E-state index contributed by atoms with van der Waals surface area (Å²) in [4.78, 5) is 154. The van der Waals surface area contributed by atoms with E-state index in [0.29, 0.717) is 76.8 Å². The molecule has 24 nitrogen and oxygen atoms in total. The van der Waals surface area contributed by atoms with E-state index < -0.39 is 95.3 Å². The molecular weight excluding hydrogens is 1070 g/mol. The highest BCUT2D eigenvalue weighted by molar-refractivity contribution is 5.97. The number of Topliss-reactive ketones (excluding diaryl/α,β-unsaturated/α-hetero) is 2. The number of carboxylic acids is 3. The molecule has 0 radical (unpaired) electrons. The summed E-state index contributed by atoms with van der Waals surface area (Å²) in [6, 6.07) is 3.25. The van der Waals surface area contributed by atoms with Crippen molar-refractivity contribution in [3.63, 3.8) is 0 Å². The molecule has 1 aromatic carbocycles. The van der Waals surface area contributed by atoms with Crippen LogP contribution in [0.1, 0.15) is 123 Å². The molecule has 2 heterocycles. The fraction of sp³-hybridized carbons (Fsp3) is 0.712. The number of nitrogens with one attached hydrogen (secondary N) is 3. The number of amides is 4. The molecule has 2 aliphatic rings. The Kier molecular flexibility index (Phi) is 33.2. The normalized spacial score (nSPS) is 18.7. The summed E-state index contributed by atoms with van der Waals surface area (Å²) in [6.07, 6.45) is 4.53. The van der Waals surface area contributed by atoms with Gasteiger partial charge >= 0.3 is 17.9 Å². The number of ketones is 2. The summed E-state index contributed by atoms with van der Waals surface area (Å²) in [5, 5.41) is 38.7. The maximum Gasteiger partial charge on any atom is 0.326 e. The summed E-state index contributed by atoms with van der Waals surface area (Å²) in [6.45, 7) is 10.4. The molecule has 0 bridgehead atoms. The molecule has 1 unspecified atom stereocenters. The molecule has 0 aliphatic carbocycles. The van der Waals surface area contributed by atoms with Gasteiger partial charge in [-0.2, -0.15) is 0 Å². The van der Waals surface area contributed by atoms with Crippen LogP contribution in [0.5, 0.6) is 0 Å². The molecule has 2 fully saturated rings. The molecule has 10 N–H and O–H groups in total. The van der Waals surface area contributed by atoms with Crippen molar-refractivity contribution >= 4 is 65.7 Å². The first-order valence-electron chi connectivity index (χ1n) is 29.8. The van der Waals surface area contributed by atoms with Crippen molar-refractivity contribution in [3.8, 4) is 0 Å². The van der Waals surface area contributed by atoms with Crippen LogP contribution in [0.15, 0.2) is 30.3 Å². The lowest BCUT2D eigenvalue weighted by Crippen LogP contribution is -2.56. The monoisotopic (exact) mass is 1170 g/mol. The molecule has 0 spiro atoms. The summed E-state index contributed by atoms with van der Waals surface area (Å²) < 4.78 is 0.